The predicted molar refractivity (Wildman–Crippen MR) is 36.3 cm³/mol. The summed E-state index contributed by atoms with van der Waals surface area (Å²) in [6, 6.07) is 0. The van der Waals surface area contributed by atoms with Crippen molar-refractivity contribution in [2.24, 2.45) is 0 Å². The lowest BCUT2D eigenvalue weighted by Crippen LogP contribution is -2.15. The number of hydrogen-bond acceptors (Lipinski definition) is 2. The zero-order valence-corrected chi connectivity index (χ0v) is 6.47. The third-order valence-corrected chi connectivity index (χ3v) is 2.57. The summed E-state index contributed by atoms with van der Waals surface area (Å²) in [4.78, 5) is 10.7. The molecule has 1 nitrogen and oxygen atoms in total. The first-order chi connectivity index (χ1) is 4.99. The summed E-state index contributed by atoms with van der Waals surface area (Å²) in [7, 11) is 0. The first-order valence-electron chi connectivity index (χ1n) is 3.26. The van der Waals surface area contributed by atoms with Crippen molar-refractivity contribution in [3.63, 3.8) is 0 Å². The Labute approximate surface area is 66.3 Å². The first kappa shape index (κ1) is 8.90. The summed E-state index contributed by atoms with van der Waals surface area (Å²) in [5.41, 5.74) is -4.26. The Morgan fingerprint density at radius 1 is 1.45 bits per heavy atom. The van der Waals surface area contributed by atoms with Crippen molar-refractivity contribution in [3.05, 3.63) is 0 Å². The van der Waals surface area contributed by atoms with Gasteiger partial charge in [0, 0.05) is 6.42 Å². The lowest BCUT2D eigenvalue weighted by Gasteiger charge is -2.09. The third-order valence-electron chi connectivity index (χ3n) is 1.52. The van der Waals surface area contributed by atoms with Gasteiger partial charge in [0.25, 0.3) is 0 Å². The number of alkyl halides is 3. The van der Waals surface area contributed by atoms with Gasteiger partial charge in [0.1, 0.15) is 5.78 Å². The number of carbonyl (C=O) groups excluding carboxylic acids is 1. The second-order valence-corrected chi connectivity index (χ2v) is 3.68. The molecule has 1 aliphatic carbocycles. The van der Waals surface area contributed by atoms with Crippen molar-refractivity contribution in [3.8, 4) is 0 Å². The fourth-order valence-electron chi connectivity index (χ4n) is 1.07. The van der Waals surface area contributed by atoms with Crippen molar-refractivity contribution < 1.29 is 18.0 Å². The monoisotopic (exact) mass is 184 g/mol. The molecular weight excluding hydrogens is 177 g/mol. The van der Waals surface area contributed by atoms with Gasteiger partial charge in [-0.15, -0.1) is 0 Å². The van der Waals surface area contributed by atoms with E-state index in [0.29, 0.717) is 19.3 Å². The molecule has 5 heteroatoms. The summed E-state index contributed by atoms with van der Waals surface area (Å²) in [5, 5.41) is -0.824. The average Bonchev–Trinajstić information content (AvgIpc) is 2.12. The highest BCUT2D eigenvalue weighted by Crippen LogP contribution is 2.39. The Hall–Kier alpha value is -0.190. The molecule has 0 heterocycles. The van der Waals surface area contributed by atoms with Crippen LogP contribution in [0.3, 0.4) is 0 Å². The number of halogens is 3. The van der Waals surface area contributed by atoms with E-state index >= 15 is 0 Å². The molecule has 0 N–H and O–H groups in total. The number of rotatable bonds is 1. The molecule has 1 aliphatic rings. The Kier molecular flexibility index (Phi) is 2.47. The molecule has 1 saturated carbocycles. The molecule has 0 saturated heterocycles. The molecule has 11 heavy (non-hydrogen) atoms. The minimum atomic E-state index is -4.26. The first-order valence-corrected chi connectivity index (χ1v) is 4.14. The minimum Gasteiger partial charge on any atom is -0.298 e. The van der Waals surface area contributed by atoms with Gasteiger partial charge >= 0.3 is 5.51 Å². The Morgan fingerprint density at radius 3 is 2.45 bits per heavy atom. The van der Waals surface area contributed by atoms with Crippen molar-refractivity contribution in [1.29, 1.82) is 0 Å². The van der Waals surface area contributed by atoms with Crippen LogP contribution in [0, 0.1) is 0 Å². The zero-order valence-electron chi connectivity index (χ0n) is 5.65. The molecule has 0 amide bonds. The normalized spacial score (nSPS) is 26.1. The quantitative estimate of drug-likeness (QED) is 0.622. The summed E-state index contributed by atoms with van der Waals surface area (Å²) in [5.74, 6) is -0.257. The molecule has 0 spiro atoms. The number of Topliss-reactive ketones (excluding diaryl/α,β-unsaturated/α-hetero) is 1. The largest absolute Gasteiger partial charge is 0.442 e. The SMILES string of the molecule is O=C1CCCC1SC(F)(F)F. The minimum absolute atomic E-state index is 0.177. The summed E-state index contributed by atoms with van der Waals surface area (Å²) < 4.78 is 35.1. The predicted octanol–water partition coefficient (Wildman–Crippen LogP) is 2.36. The fraction of sp³-hybridized carbons (Fsp3) is 0.833. The van der Waals surface area contributed by atoms with Crippen LogP contribution >= 0.6 is 11.8 Å². The summed E-state index contributed by atoms with van der Waals surface area (Å²) >= 11 is -0.177. The van der Waals surface area contributed by atoms with Crippen LogP contribution in [-0.4, -0.2) is 16.5 Å². The van der Waals surface area contributed by atoms with Crippen LogP contribution in [-0.2, 0) is 4.79 Å². The maximum Gasteiger partial charge on any atom is 0.442 e. The lowest BCUT2D eigenvalue weighted by atomic mass is 10.3. The highest BCUT2D eigenvalue weighted by atomic mass is 32.2. The van der Waals surface area contributed by atoms with Crippen LogP contribution in [0.25, 0.3) is 0 Å². The van der Waals surface area contributed by atoms with Crippen LogP contribution in [0.2, 0.25) is 0 Å². The van der Waals surface area contributed by atoms with Crippen molar-refractivity contribution in [2.45, 2.75) is 30.0 Å². The molecule has 0 bridgehead atoms. The van der Waals surface area contributed by atoms with Gasteiger partial charge in [0.05, 0.1) is 5.25 Å². The van der Waals surface area contributed by atoms with Crippen LogP contribution in [0.15, 0.2) is 0 Å². The summed E-state index contributed by atoms with van der Waals surface area (Å²) in [6.07, 6.45) is 1.29. The molecule has 1 atom stereocenters. The maximum absolute atomic E-state index is 11.7. The van der Waals surface area contributed by atoms with Crippen molar-refractivity contribution >= 4 is 17.5 Å². The van der Waals surface area contributed by atoms with E-state index in [-0.39, 0.29) is 17.5 Å². The highest BCUT2D eigenvalue weighted by molar-refractivity contribution is 8.01. The van der Waals surface area contributed by atoms with E-state index in [1.807, 2.05) is 0 Å². The van der Waals surface area contributed by atoms with Gasteiger partial charge in [-0.3, -0.25) is 4.79 Å². The van der Waals surface area contributed by atoms with Gasteiger partial charge in [-0.1, -0.05) is 0 Å². The van der Waals surface area contributed by atoms with Crippen molar-refractivity contribution in [1.82, 2.24) is 0 Å². The molecule has 1 fully saturated rings. The number of thioether (sulfide) groups is 1. The van der Waals surface area contributed by atoms with Gasteiger partial charge in [-0.2, -0.15) is 13.2 Å². The van der Waals surface area contributed by atoms with Gasteiger partial charge in [0.2, 0.25) is 0 Å². The van der Waals surface area contributed by atoms with Crippen LogP contribution in [0.5, 0.6) is 0 Å². The van der Waals surface area contributed by atoms with Gasteiger partial charge < -0.3 is 0 Å². The number of hydrogen-bond donors (Lipinski definition) is 0. The molecule has 0 aromatic carbocycles. The molecule has 1 unspecified atom stereocenters. The van der Waals surface area contributed by atoms with Crippen LogP contribution in [0.4, 0.5) is 13.2 Å². The zero-order chi connectivity index (χ0) is 8.48. The maximum atomic E-state index is 11.7. The lowest BCUT2D eigenvalue weighted by molar-refractivity contribution is -0.117. The topological polar surface area (TPSA) is 17.1 Å². The van der Waals surface area contributed by atoms with Gasteiger partial charge in [0.15, 0.2) is 0 Å². The molecule has 0 radical (unpaired) electrons. The Bertz CT molecular complexity index is 166. The van der Waals surface area contributed by atoms with Crippen LogP contribution < -0.4 is 0 Å². The molecule has 0 aliphatic heterocycles. The summed E-state index contributed by atoms with van der Waals surface area (Å²) in [6.45, 7) is 0. The number of ketones is 1. The third kappa shape index (κ3) is 2.73. The van der Waals surface area contributed by atoms with E-state index in [0.717, 1.165) is 0 Å². The highest BCUT2D eigenvalue weighted by Gasteiger charge is 2.37. The second kappa shape index (κ2) is 3.05. The van der Waals surface area contributed by atoms with E-state index in [9.17, 15) is 18.0 Å². The van der Waals surface area contributed by atoms with E-state index in [1.54, 1.807) is 0 Å². The molecule has 0 aromatic heterocycles. The standard InChI is InChI=1S/C6H7F3OS/c7-6(8,9)11-5-3-1-2-4(5)10/h5H,1-3H2. The number of carbonyl (C=O) groups is 1. The molecular formula is C6H7F3OS. The smallest absolute Gasteiger partial charge is 0.298 e. The van der Waals surface area contributed by atoms with Gasteiger partial charge in [-0.05, 0) is 24.6 Å². The second-order valence-electron chi connectivity index (χ2n) is 2.41. The molecule has 1 rings (SSSR count). The van der Waals surface area contributed by atoms with Crippen LogP contribution in [0.1, 0.15) is 19.3 Å². The fourth-order valence-corrected chi connectivity index (χ4v) is 1.93. The molecule has 0 aromatic rings. The Morgan fingerprint density at radius 2 is 2.09 bits per heavy atom. The van der Waals surface area contributed by atoms with Gasteiger partial charge in [-0.25, -0.2) is 0 Å². The Balaban J connectivity index is 2.43. The van der Waals surface area contributed by atoms with E-state index in [4.69, 9.17) is 0 Å². The molecule has 64 valence electrons. The van der Waals surface area contributed by atoms with E-state index in [1.165, 1.54) is 0 Å². The van der Waals surface area contributed by atoms with E-state index < -0.39 is 10.8 Å². The average molecular weight is 184 g/mol. The van der Waals surface area contributed by atoms with Crippen molar-refractivity contribution in [2.75, 3.05) is 0 Å². The van der Waals surface area contributed by atoms with E-state index in [2.05, 4.69) is 0 Å².